The second-order valence-electron chi connectivity index (χ2n) is 7.28. The molecule has 5 heteroatoms. The first kappa shape index (κ1) is 16.5. The number of pyridine rings is 1. The number of carbonyl (C=O) groups excluding carboxylic acids is 1. The van der Waals surface area contributed by atoms with E-state index in [4.69, 9.17) is 4.74 Å². The van der Waals surface area contributed by atoms with Crippen LogP contribution in [-0.2, 0) is 4.74 Å². The van der Waals surface area contributed by atoms with Gasteiger partial charge in [0.1, 0.15) is 10.2 Å². The fourth-order valence-electron chi connectivity index (χ4n) is 3.45. The summed E-state index contributed by atoms with van der Waals surface area (Å²) < 4.78 is 6.48. The van der Waals surface area contributed by atoms with Crippen LogP contribution in [0.5, 0.6) is 0 Å². The number of hydrogen-bond acceptors (Lipinski definition) is 3. The Morgan fingerprint density at radius 2 is 2.17 bits per heavy atom. The molecule has 0 spiro atoms. The predicted molar refractivity (Wildman–Crippen MR) is 94.0 cm³/mol. The van der Waals surface area contributed by atoms with Gasteiger partial charge in [0.15, 0.2) is 0 Å². The first-order valence-electron chi connectivity index (χ1n) is 8.18. The lowest BCUT2D eigenvalue weighted by Gasteiger charge is -2.45. The van der Waals surface area contributed by atoms with E-state index in [2.05, 4.69) is 33.1 Å². The molecule has 0 saturated carbocycles. The van der Waals surface area contributed by atoms with E-state index >= 15 is 0 Å². The van der Waals surface area contributed by atoms with Crippen molar-refractivity contribution in [3.05, 3.63) is 34.6 Å². The van der Waals surface area contributed by atoms with Crippen LogP contribution in [0.2, 0.25) is 0 Å². The van der Waals surface area contributed by atoms with Crippen molar-refractivity contribution in [2.45, 2.75) is 64.1 Å². The van der Waals surface area contributed by atoms with Crippen LogP contribution in [0.15, 0.2) is 29.0 Å². The minimum absolute atomic E-state index is 0.124. The molecule has 2 atom stereocenters. The standard InChI is InChI=1S/C18H23BrN2O2/c1-18(2,3)23-17(22)21-13-6-4-7-14(21)11-12(10-13)15-8-5-9-20-16(15)19/h5,8-10,13-14H,4,6-7,11H2,1-3H3. The fraction of sp³-hybridized carbons (Fsp3) is 0.556. The van der Waals surface area contributed by atoms with E-state index < -0.39 is 5.60 Å². The average Bonchev–Trinajstić information content (AvgIpc) is 2.44. The summed E-state index contributed by atoms with van der Waals surface area (Å²) in [4.78, 5) is 18.9. The van der Waals surface area contributed by atoms with Gasteiger partial charge < -0.3 is 4.74 Å². The summed E-state index contributed by atoms with van der Waals surface area (Å²) in [6, 6.07) is 4.38. The van der Waals surface area contributed by atoms with Crippen molar-refractivity contribution in [1.29, 1.82) is 0 Å². The van der Waals surface area contributed by atoms with Gasteiger partial charge in [-0.1, -0.05) is 12.1 Å². The highest BCUT2D eigenvalue weighted by Gasteiger charge is 2.39. The number of amides is 1. The van der Waals surface area contributed by atoms with Crippen LogP contribution in [0.1, 0.15) is 52.0 Å². The Balaban J connectivity index is 1.88. The maximum absolute atomic E-state index is 12.6. The molecular weight excluding hydrogens is 356 g/mol. The van der Waals surface area contributed by atoms with Crippen LogP contribution < -0.4 is 0 Å². The van der Waals surface area contributed by atoms with Gasteiger partial charge in [-0.25, -0.2) is 9.78 Å². The minimum atomic E-state index is -0.457. The molecule has 2 unspecified atom stereocenters. The normalized spacial score (nSPS) is 24.2. The first-order valence-corrected chi connectivity index (χ1v) is 8.97. The highest BCUT2D eigenvalue weighted by molar-refractivity contribution is 9.10. The molecule has 1 saturated heterocycles. The van der Waals surface area contributed by atoms with Gasteiger partial charge in [0.25, 0.3) is 0 Å². The van der Waals surface area contributed by atoms with Crippen molar-refractivity contribution in [2.24, 2.45) is 0 Å². The van der Waals surface area contributed by atoms with E-state index in [-0.39, 0.29) is 18.2 Å². The first-order chi connectivity index (χ1) is 10.8. The summed E-state index contributed by atoms with van der Waals surface area (Å²) in [5.41, 5.74) is 1.95. The summed E-state index contributed by atoms with van der Waals surface area (Å²) in [6.45, 7) is 5.75. The monoisotopic (exact) mass is 378 g/mol. The van der Waals surface area contributed by atoms with Crippen molar-refractivity contribution in [1.82, 2.24) is 9.88 Å². The smallest absolute Gasteiger partial charge is 0.411 e. The zero-order chi connectivity index (χ0) is 16.6. The Morgan fingerprint density at radius 1 is 1.39 bits per heavy atom. The molecule has 2 aliphatic heterocycles. The molecule has 1 amide bonds. The summed E-state index contributed by atoms with van der Waals surface area (Å²) >= 11 is 3.54. The Hall–Kier alpha value is -1.36. The topological polar surface area (TPSA) is 42.4 Å². The molecule has 2 bridgehead atoms. The number of hydrogen-bond donors (Lipinski definition) is 0. The van der Waals surface area contributed by atoms with E-state index in [1.807, 2.05) is 31.7 Å². The maximum atomic E-state index is 12.6. The van der Waals surface area contributed by atoms with Gasteiger partial charge in [-0.3, -0.25) is 4.90 Å². The third-order valence-corrected chi connectivity index (χ3v) is 4.98. The predicted octanol–water partition coefficient (Wildman–Crippen LogP) is 4.79. The second-order valence-corrected chi connectivity index (χ2v) is 8.03. The summed E-state index contributed by atoms with van der Waals surface area (Å²) in [5, 5.41) is 0. The van der Waals surface area contributed by atoms with E-state index in [9.17, 15) is 4.79 Å². The molecule has 4 nitrogen and oxygen atoms in total. The molecule has 0 radical (unpaired) electrons. The average molecular weight is 379 g/mol. The molecule has 1 aromatic rings. The fourth-order valence-corrected chi connectivity index (χ4v) is 3.96. The second kappa shape index (κ2) is 6.27. The highest BCUT2D eigenvalue weighted by Crippen LogP contribution is 2.39. The van der Waals surface area contributed by atoms with E-state index in [1.165, 1.54) is 5.57 Å². The number of fused-ring (bicyclic) bond motifs is 2. The summed E-state index contributed by atoms with van der Waals surface area (Å²) in [6.07, 6.45) is 7.87. The van der Waals surface area contributed by atoms with Gasteiger partial charge in [-0.15, -0.1) is 0 Å². The number of carbonyl (C=O) groups is 1. The largest absolute Gasteiger partial charge is 0.444 e. The Morgan fingerprint density at radius 3 is 2.83 bits per heavy atom. The van der Waals surface area contributed by atoms with Crippen molar-refractivity contribution < 1.29 is 9.53 Å². The van der Waals surface area contributed by atoms with Gasteiger partial charge in [0, 0.05) is 17.8 Å². The molecule has 0 aromatic carbocycles. The highest BCUT2D eigenvalue weighted by atomic mass is 79.9. The summed E-state index contributed by atoms with van der Waals surface area (Å²) in [7, 11) is 0. The molecule has 3 rings (SSSR count). The quantitative estimate of drug-likeness (QED) is 0.659. The molecule has 1 aromatic heterocycles. The van der Waals surface area contributed by atoms with Gasteiger partial charge in [-0.05, 0) is 74.0 Å². The third kappa shape index (κ3) is 3.60. The number of ether oxygens (including phenoxy) is 1. The third-order valence-electron chi connectivity index (χ3n) is 4.35. The molecular formula is C18H23BrN2O2. The van der Waals surface area contributed by atoms with Crippen molar-refractivity contribution in [3.63, 3.8) is 0 Å². The lowest BCUT2D eigenvalue weighted by molar-refractivity contribution is 0.0000832. The molecule has 3 heterocycles. The molecule has 2 aliphatic rings. The van der Waals surface area contributed by atoms with Crippen molar-refractivity contribution in [2.75, 3.05) is 0 Å². The molecule has 0 N–H and O–H groups in total. The zero-order valence-corrected chi connectivity index (χ0v) is 15.5. The molecule has 1 fully saturated rings. The Kier molecular flexibility index (Phi) is 4.50. The molecule has 0 aliphatic carbocycles. The van der Waals surface area contributed by atoms with E-state index in [0.29, 0.717) is 0 Å². The van der Waals surface area contributed by atoms with Gasteiger partial charge >= 0.3 is 6.09 Å². The van der Waals surface area contributed by atoms with Crippen molar-refractivity contribution >= 4 is 27.6 Å². The number of halogens is 1. The summed E-state index contributed by atoms with van der Waals surface area (Å²) in [5.74, 6) is 0. The number of rotatable bonds is 1. The van der Waals surface area contributed by atoms with Crippen molar-refractivity contribution in [3.8, 4) is 0 Å². The van der Waals surface area contributed by atoms with Crippen LogP contribution >= 0.6 is 15.9 Å². The van der Waals surface area contributed by atoms with E-state index in [0.717, 1.165) is 35.8 Å². The molecule has 124 valence electrons. The SMILES string of the molecule is CC(C)(C)OC(=O)N1C2C=C(c3cccnc3Br)CC1CCC2. The zero-order valence-electron chi connectivity index (χ0n) is 13.9. The van der Waals surface area contributed by atoms with Gasteiger partial charge in [0.2, 0.25) is 0 Å². The van der Waals surface area contributed by atoms with Gasteiger partial charge in [0.05, 0.1) is 6.04 Å². The Labute approximate surface area is 146 Å². The van der Waals surface area contributed by atoms with Crippen LogP contribution in [0.4, 0.5) is 4.79 Å². The maximum Gasteiger partial charge on any atom is 0.411 e. The Bertz CT molecular complexity index is 636. The minimum Gasteiger partial charge on any atom is -0.444 e. The molecule has 23 heavy (non-hydrogen) atoms. The van der Waals surface area contributed by atoms with Crippen LogP contribution in [-0.4, -0.2) is 33.7 Å². The van der Waals surface area contributed by atoms with E-state index in [1.54, 1.807) is 6.20 Å². The van der Waals surface area contributed by atoms with Crippen LogP contribution in [0.3, 0.4) is 0 Å². The number of piperidine rings is 1. The van der Waals surface area contributed by atoms with Crippen LogP contribution in [0.25, 0.3) is 5.57 Å². The van der Waals surface area contributed by atoms with Gasteiger partial charge in [-0.2, -0.15) is 0 Å². The number of aromatic nitrogens is 1. The number of nitrogens with zero attached hydrogens (tertiary/aromatic N) is 2. The lowest BCUT2D eigenvalue weighted by Crippen LogP contribution is -2.53. The van der Waals surface area contributed by atoms with Crippen LogP contribution in [0, 0.1) is 0 Å². The lowest BCUT2D eigenvalue weighted by atomic mass is 9.83.